The van der Waals surface area contributed by atoms with Crippen LogP contribution in [0.5, 0.6) is 5.75 Å². The predicted octanol–water partition coefficient (Wildman–Crippen LogP) is 2.24. The van der Waals surface area contributed by atoms with Gasteiger partial charge in [0.25, 0.3) is 5.91 Å². The molecule has 0 unspecified atom stereocenters. The number of nitrogens with one attached hydrogen (secondary N) is 1. The van der Waals surface area contributed by atoms with Crippen LogP contribution < -0.4 is 10.1 Å². The van der Waals surface area contributed by atoms with Gasteiger partial charge >= 0.3 is 5.97 Å². The first kappa shape index (κ1) is 17.5. The Kier molecular flexibility index (Phi) is 5.51. The summed E-state index contributed by atoms with van der Waals surface area (Å²) in [6, 6.07) is 5.68. The molecule has 1 heterocycles. The first-order chi connectivity index (χ1) is 11.4. The number of aromatic nitrogens is 1. The summed E-state index contributed by atoms with van der Waals surface area (Å²) in [7, 11) is 1.35. The quantitative estimate of drug-likeness (QED) is 0.814. The van der Waals surface area contributed by atoms with Crippen molar-refractivity contribution in [1.82, 2.24) is 5.16 Å². The molecular weight excluding hydrogens is 319 g/mol. The van der Waals surface area contributed by atoms with Crippen molar-refractivity contribution < 1.29 is 28.0 Å². The van der Waals surface area contributed by atoms with E-state index in [0.29, 0.717) is 11.3 Å². The number of nitrogens with zero attached hydrogens (tertiary/aromatic N) is 1. The molecule has 0 saturated heterocycles. The zero-order chi connectivity index (χ0) is 17.7. The number of carbonyl (C=O) groups excluding carboxylic acids is 2. The molecule has 2 rings (SSSR count). The minimum Gasteiger partial charge on any atom is -0.494 e. The summed E-state index contributed by atoms with van der Waals surface area (Å²) in [6.07, 6.45) is -1.20. The molecule has 0 bridgehead atoms. The largest absolute Gasteiger partial charge is 0.494 e. The number of ether oxygens (including phenoxy) is 2. The Morgan fingerprint density at radius 1 is 1.38 bits per heavy atom. The Morgan fingerprint density at radius 3 is 2.71 bits per heavy atom. The molecule has 0 radical (unpaired) electrons. The molecule has 0 aliphatic heterocycles. The Morgan fingerprint density at radius 2 is 2.12 bits per heavy atom. The number of halogens is 1. The Hall–Kier alpha value is -2.90. The number of hydrogen-bond acceptors (Lipinski definition) is 6. The fraction of sp³-hybridized carbons (Fsp3) is 0.312. The summed E-state index contributed by atoms with van der Waals surface area (Å²) in [6.45, 7) is 3.13. The van der Waals surface area contributed by atoms with Crippen LogP contribution in [0.25, 0.3) is 0 Å². The molecule has 8 heteroatoms. The smallest absolute Gasteiger partial charge is 0.311 e. The van der Waals surface area contributed by atoms with E-state index >= 15 is 0 Å². The van der Waals surface area contributed by atoms with Crippen molar-refractivity contribution in [2.24, 2.45) is 0 Å². The van der Waals surface area contributed by atoms with Gasteiger partial charge in [-0.25, -0.2) is 4.39 Å². The van der Waals surface area contributed by atoms with Crippen LogP contribution in [0.2, 0.25) is 0 Å². The maximum absolute atomic E-state index is 13.6. The summed E-state index contributed by atoms with van der Waals surface area (Å²) >= 11 is 0. The monoisotopic (exact) mass is 336 g/mol. The second-order valence-corrected chi connectivity index (χ2v) is 5.10. The van der Waals surface area contributed by atoms with Crippen LogP contribution in [0, 0.1) is 12.7 Å². The molecule has 0 fully saturated rings. The molecule has 0 spiro atoms. The van der Waals surface area contributed by atoms with Crippen molar-refractivity contribution >= 4 is 17.8 Å². The number of carbonyl (C=O) groups is 2. The maximum Gasteiger partial charge on any atom is 0.311 e. The van der Waals surface area contributed by atoms with Crippen molar-refractivity contribution in [1.29, 1.82) is 0 Å². The van der Waals surface area contributed by atoms with E-state index in [-0.39, 0.29) is 18.1 Å². The molecule has 0 saturated carbocycles. The molecule has 1 atom stereocenters. The Labute approximate surface area is 137 Å². The number of hydrogen-bond donors (Lipinski definition) is 1. The average Bonchev–Trinajstić information content (AvgIpc) is 2.92. The number of methoxy groups -OCH3 is 1. The lowest BCUT2D eigenvalue weighted by molar-refractivity contribution is -0.152. The predicted molar refractivity (Wildman–Crippen MR) is 82.1 cm³/mol. The van der Waals surface area contributed by atoms with Crippen LogP contribution in [0.1, 0.15) is 18.2 Å². The fourth-order valence-electron chi connectivity index (χ4n) is 1.92. The SMILES string of the molecule is COc1ccc(CC(=O)O[C@@H](C)C(=O)Nc2cc(C)no2)cc1F. The highest BCUT2D eigenvalue weighted by atomic mass is 19.1. The number of aryl methyl sites for hydroxylation is 1. The molecule has 1 amide bonds. The summed E-state index contributed by atoms with van der Waals surface area (Å²) in [5, 5.41) is 6.06. The highest BCUT2D eigenvalue weighted by molar-refractivity contribution is 5.94. The molecule has 1 aromatic carbocycles. The van der Waals surface area contributed by atoms with Gasteiger partial charge in [-0.05, 0) is 31.5 Å². The fourth-order valence-corrected chi connectivity index (χ4v) is 1.92. The summed E-state index contributed by atoms with van der Waals surface area (Å²) in [4.78, 5) is 23.8. The van der Waals surface area contributed by atoms with Crippen LogP contribution in [0.4, 0.5) is 10.3 Å². The van der Waals surface area contributed by atoms with E-state index < -0.39 is 23.8 Å². The van der Waals surface area contributed by atoms with Gasteiger partial charge in [-0.1, -0.05) is 11.2 Å². The van der Waals surface area contributed by atoms with Crippen LogP contribution in [-0.2, 0) is 20.7 Å². The zero-order valence-corrected chi connectivity index (χ0v) is 13.5. The van der Waals surface area contributed by atoms with Crippen LogP contribution >= 0.6 is 0 Å². The van der Waals surface area contributed by atoms with Gasteiger partial charge in [-0.15, -0.1) is 0 Å². The van der Waals surface area contributed by atoms with E-state index in [1.54, 1.807) is 13.0 Å². The second kappa shape index (κ2) is 7.58. The Bertz CT molecular complexity index is 744. The number of amides is 1. The van der Waals surface area contributed by atoms with E-state index in [0.717, 1.165) is 0 Å². The minimum absolute atomic E-state index is 0.0854. The van der Waals surface area contributed by atoms with E-state index in [1.165, 1.54) is 32.2 Å². The van der Waals surface area contributed by atoms with Crippen LogP contribution in [0.15, 0.2) is 28.8 Å². The molecule has 7 nitrogen and oxygen atoms in total. The van der Waals surface area contributed by atoms with Gasteiger partial charge in [0.2, 0.25) is 5.88 Å². The topological polar surface area (TPSA) is 90.7 Å². The van der Waals surface area contributed by atoms with Crippen LogP contribution in [-0.4, -0.2) is 30.2 Å². The first-order valence-electron chi connectivity index (χ1n) is 7.15. The van der Waals surface area contributed by atoms with Crippen molar-refractivity contribution in [3.8, 4) is 5.75 Å². The summed E-state index contributed by atoms with van der Waals surface area (Å²) in [5.41, 5.74) is 1.02. The highest BCUT2D eigenvalue weighted by Gasteiger charge is 2.19. The van der Waals surface area contributed by atoms with Crippen molar-refractivity contribution in [3.05, 3.63) is 41.3 Å². The van der Waals surface area contributed by atoms with E-state index in [1.807, 2.05) is 0 Å². The van der Waals surface area contributed by atoms with Crippen molar-refractivity contribution in [3.63, 3.8) is 0 Å². The lowest BCUT2D eigenvalue weighted by Crippen LogP contribution is -2.30. The lowest BCUT2D eigenvalue weighted by Gasteiger charge is -2.12. The third kappa shape index (κ3) is 4.55. The molecule has 0 aliphatic rings. The third-order valence-electron chi connectivity index (χ3n) is 3.12. The number of esters is 1. The van der Waals surface area contributed by atoms with Gasteiger partial charge in [-0.3, -0.25) is 14.9 Å². The number of benzene rings is 1. The standard InChI is InChI=1S/C16H17FN2O5/c1-9-6-14(24-19-9)18-16(21)10(2)23-15(20)8-11-4-5-13(22-3)12(17)7-11/h4-7,10H,8H2,1-3H3,(H,18,21)/t10-/m0/s1. The maximum atomic E-state index is 13.6. The van der Waals surface area contributed by atoms with Gasteiger partial charge in [0, 0.05) is 6.07 Å². The Balaban J connectivity index is 1.89. The third-order valence-corrected chi connectivity index (χ3v) is 3.12. The highest BCUT2D eigenvalue weighted by Crippen LogP contribution is 2.18. The van der Waals surface area contributed by atoms with Crippen molar-refractivity contribution in [2.45, 2.75) is 26.4 Å². The van der Waals surface area contributed by atoms with Gasteiger partial charge in [0.15, 0.2) is 17.7 Å². The van der Waals surface area contributed by atoms with Gasteiger partial charge in [0.1, 0.15) is 0 Å². The first-order valence-corrected chi connectivity index (χ1v) is 7.15. The van der Waals surface area contributed by atoms with E-state index in [4.69, 9.17) is 14.0 Å². The minimum atomic E-state index is -1.04. The normalized spacial score (nSPS) is 11.7. The molecule has 2 aromatic rings. The number of rotatable bonds is 6. The van der Waals surface area contributed by atoms with Gasteiger partial charge in [-0.2, -0.15) is 0 Å². The molecular formula is C16H17FN2O5. The lowest BCUT2D eigenvalue weighted by atomic mass is 10.1. The second-order valence-electron chi connectivity index (χ2n) is 5.10. The molecule has 24 heavy (non-hydrogen) atoms. The zero-order valence-electron chi connectivity index (χ0n) is 13.5. The number of anilines is 1. The van der Waals surface area contributed by atoms with Gasteiger partial charge in [0.05, 0.1) is 19.2 Å². The molecule has 1 N–H and O–H groups in total. The van der Waals surface area contributed by atoms with Gasteiger partial charge < -0.3 is 14.0 Å². The van der Waals surface area contributed by atoms with E-state index in [2.05, 4.69) is 10.5 Å². The van der Waals surface area contributed by atoms with Crippen LogP contribution in [0.3, 0.4) is 0 Å². The average molecular weight is 336 g/mol. The summed E-state index contributed by atoms with van der Waals surface area (Å²) < 4.78 is 28.2. The van der Waals surface area contributed by atoms with Crippen molar-refractivity contribution in [2.75, 3.05) is 12.4 Å². The van der Waals surface area contributed by atoms with E-state index in [9.17, 15) is 14.0 Å². The molecule has 0 aliphatic carbocycles. The molecule has 1 aromatic heterocycles. The molecule has 128 valence electrons. The summed E-state index contributed by atoms with van der Waals surface area (Å²) in [5.74, 6) is -1.54.